The fourth-order valence-corrected chi connectivity index (χ4v) is 2.36. The molecule has 2 aromatic rings. The second-order valence-corrected chi connectivity index (χ2v) is 4.27. The van der Waals surface area contributed by atoms with Crippen LogP contribution >= 0.6 is 0 Å². The van der Waals surface area contributed by atoms with E-state index in [0.717, 1.165) is 5.69 Å². The number of aliphatic hydroxyl groups is 1. The predicted octanol–water partition coefficient (Wildman–Crippen LogP) is 1.01. The molecule has 0 fully saturated rings. The number of quaternary nitrogens is 1. The number of hydrogen-bond acceptors (Lipinski definition) is 2. The first kappa shape index (κ1) is 11.1. The van der Waals surface area contributed by atoms with E-state index in [-0.39, 0.29) is 6.61 Å². The number of nitrogens with two attached hydrogens (primary N) is 1. The van der Waals surface area contributed by atoms with Crippen LogP contribution in [-0.4, -0.2) is 23.2 Å². The van der Waals surface area contributed by atoms with E-state index in [1.165, 1.54) is 22.3 Å². The first-order valence-electron chi connectivity index (χ1n) is 6.11. The normalized spacial score (nSPS) is 14.6. The van der Waals surface area contributed by atoms with Crippen LogP contribution in [0, 0.1) is 0 Å². The van der Waals surface area contributed by atoms with E-state index in [1.807, 2.05) is 29.7 Å². The molecule has 3 nitrogen and oxygen atoms in total. The lowest BCUT2D eigenvalue weighted by molar-refractivity contribution is -0.588. The lowest BCUT2D eigenvalue weighted by Gasteiger charge is -2.00. The van der Waals surface area contributed by atoms with Crippen molar-refractivity contribution in [1.82, 2.24) is 4.98 Å². The number of benzene rings is 1. The third-order valence-corrected chi connectivity index (χ3v) is 3.15. The number of aliphatic hydroxyl groups excluding tert-OH is 1. The summed E-state index contributed by atoms with van der Waals surface area (Å²) in [6.45, 7) is 0.868. The highest BCUT2D eigenvalue weighted by Gasteiger charge is 2.24. The van der Waals surface area contributed by atoms with Crippen LogP contribution in [0.3, 0.4) is 0 Å². The molecule has 1 aliphatic rings. The highest BCUT2D eigenvalue weighted by Crippen LogP contribution is 2.41. The molecule has 1 aromatic carbocycles. The van der Waals surface area contributed by atoms with Crippen LogP contribution in [0.5, 0.6) is 0 Å². The van der Waals surface area contributed by atoms with E-state index in [2.05, 4.69) is 29.4 Å². The van der Waals surface area contributed by atoms with Crippen molar-refractivity contribution in [2.24, 2.45) is 0 Å². The summed E-state index contributed by atoms with van der Waals surface area (Å²) in [7, 11) is 0. The van der Waals surface area contributed by atoms with E-state index in [4.69, 9.17) is 5.11 Å². The van der Waals surface area contributed by atoms with Crippen molar-refractivity contribution >= 4 is 5.57 Å². The molecule has 0 aliphatic heterocycles. The predicted molar refractivity (Wildman–Crippen MR) is 70.6 cm³/mol. The summed E-state index contributed by atoms with van der Waals surface area (Å²) < 4.78 is 0. The summed E-state index contributed by atoms with van der Waals surface area (Å²) in [5.41, 5.74) is 5.84. The molecule has 0 saturated carbocycles. The van der Waals surface area contributed by atoms with Crippen LogP contribution in [0.2, 0.25) is 0 Å². The Bertz CT molecular complexity index is 557. The first-order valence-corrected chi connectivity index (χ1v) is 6.11. The lowest BCUT2D eigenvalue weighted by Crippen LogP contribution is -2.79. The SMILES string of the molecule is OCC[NH2+]/C=C1\c2ccccc2-c2ncccc21. The molecule has 1 aromatic heterocycles. The average Bonchev–Trinajstić information content (AvgIpc) is 2.74. The van der Waals surface area contributed by atoms with Gasteiger partial charge in [0.15, 0.2) is 0 Å². The minimum Gasteiger partial charge on any atom is -0.391 e. The minimum absolute atomic E-state index is 0.186. The Labute approximate surface area is 106 Å². The average molecular weight is 239 g/mol. The number of pyridine rings is 1. The summed E-state index contributed by atoms with van der Waals surface area (Å²) in [5, 5.41) is 10.9. The zero-order valence-electron chi connectivity index (χ0n) is 10.0. The van der Waals surface area contributed by atoms with Gasteiger partial charge in [-0.2, -0.15) is 0 Å². The summed E-state index contributed by atoms with van der Waals surface area (Å²) in [4.78, 5) is 4.47. The third-order valence-electron chi connectivity index (χ3n) is 3.15. The molecular formula is C15H15N2O+. The second-order valence-electron chi connectivity index (χ2n) is 4.27. The zero-order chi connectivity index (χ0) is 12.4. The molecule has 0 amide bonds. The van der Waals surface area contributed by atoms with Crippen LogP contribution < -0.4 is 5.32 Å². The standard InChI is InChI=1S/C15H14N2O/c18-9-8-16-10-14-11-4-1-2-5-12(11)15-13(14)6-3-7-17-15/h1-7,10,16,18H,8-9H2/p+1/b14-10+. The summed E-state index contributed by atoms with van der Waals surface area (Å²) in [6, 6.07) is 12.4. The van der Waals surface area contributed by atoms with Gasteiger partial charge in [-0.15, -0.1) is 0 Å². The van der Waals surface area contributed by atoms with Gasteiger partial charge in [0.25, 0.3) is 0 Å². The molecular weight excluding hydrogens is 224 g/mol. The molecule has 3 heteroatoms. The van der Waals surface area contributed by atoms with Crippen molar-refractivity contribution in [2.75, 3.05) is 13.2 Å². The molecule has 0 saturated heterocycles. The maximum absolute atomic E-state index is 8.86. The molecule has 18 heavy (non-hydrogen) atoms. The van der Waals surface area contributed by atoms with Crippen molar-refractivity contribution in [3.05, 3.63) is 59.9 Å². The molecule has 90 valence electrons. The van der Waals surface area contributed by atoms with Gasteiger partial charge in [-0.3, -0.25) is 4.98 Å². The number of rotatable bonds is 3. The van der Waals surface area contributed by atoms with Gasteiger partial charge in [0.1, 0.15) is 12.7 Å². The summed E-state index contributed by atoms with van der Waals surface area (Å²) in [6.07, 6.45) is 3.92. The van der Waals surface area contributed by atoms with Gasteiger partial charge >= 0.3 is 0 Å². The fourth-order valence-electron chi connectivity index (χ4n) is 2.36. The van der Waals surface area contributed by atoms with Gasteiger partial charge in [0.2, 0.25) is 0 Å². The van der Waals surface area contributed by atoms with Crippen LogP contribution in [0.4, 0.5) is 0 Å². The van der Waals surface area contributed by atoms with Crippen molar-refractivity contribution in [2.45, 2.75) is 0 Å². The monoisotopic (exact) mass is 239 g/mol. The Balaban J connectivity index is 2.12. The summed E-state index contributed by atoms with van der Waals surface area (Å²) in [5.74, 6) is 0. The molecule has 0 atom stereocenters. The third kappa shape index (κ3) is 1.74. The maximum Gasteiger partial charge on any atom is 0.103 e. The van der Waals surface area contributed by atoms with Crippen molar-refractivity contribution in [3.63, 3.8) is 0 Å². The minimum atomic E-state index is 0.186. The molecule has 0 radical (unpaired) electrons. The van der Waals surface area contributed by atoms with Crippen molar-refractivity contribution in [3.8, 4) is 11.3 Å². The van der Waals surface area contributed by atoms with Gasteiger partial charge < -0.3 is 10.4 Å². The Hall–Kier alpha value is -1.97. The molecule has 0 unspecified atom stereocenters. The summed E-state index contributed by atoms with van der Waals surface area (Å²) >= 11 is 0. The zero-order valence-corrected chi connectivity index (χ0v) is 10.0. The first-order chi connectivity index (χ1) is 8.92. The number of hydrogen-bond donors (Lipinski definition) is 2. The van der Waals surface area contributed by atoms with E-state index in [1.54, 1.807) is 0 Å². The van der Waals surface area contributed by atoms with Gasteiger partial charge in [-0.25, -0.2) is 0 Å². The Morgan fingerprint density at radius 1 is 1.06 bits per heavy atom. The Kier molecular flexibility index (Phi) is 2.92. The molecule has 1 aliphatic carbocycles. The lowest BCUT2D eigenvalue weighted by atomic mass is 10.1. The van der Waals surface area contributed by atoms with Crippen LogP contribution in [0.15, 0.2) is 48.8 Å². The Morgan fingerprint density at radius 2 is 1.83 bits per heavy atom. The molecule has 3 rings (SSSR count). The molecule has 3 N–H and O–H groups in total. The van der Waals surface area contributed by atoms with Gasteiger partial charge in [0.05, 0.1) is 12.3 Å². The van der Waals surface area contributed by atoms with Crippen molar-refractivity contribution < 1.29 is 10.4 Å². The highest BCUT2D eigenvalue weighted by molar-refractivity contribution is 5.99. The topological polar surface area (TPSA) is 49.7 Å². The van der Waals surface area contributed by atoms with Gasteiger partial charge in [-0.05, 0) is 11.6 Å². The van der Waals surface area contributed by atoms with Gasteiger partial charge in [0, 0.05) is 22.9 Å². The highest BCUT2D eigenvalue weighted by atomic mass is 16.3. The van der Waals surface area contributed by atoms with E-state index < -0.39 is 0 Å². The number of fused-ring (bicyclic) bond motifs is 3. The molecule has 0 bridgehead atoms. The Morgan fingerprint density at radius 3 is 2.67 bits per heavy atom. The number of nitrogens with zero attached hydrogens (tertiary/aromatic N) is 1. The van der Waals surface area contributed by atoms with Crippen LogP contribution in [-0.2, 0) is 0 Å². The quantitative estimate of drug-likeness (QED) is 0.670. The smallest absolute Gasteiger partial charge is 0.103 e. The number of aromatic nitrogens is 1. The molecule has 1 heterocycles. The van der Waals surface area contributed by atoms with Crippen molar-refractivity contribution in [1.29, 1.82) is 0 Å². The maximum atomic E-state index is 8.86. The fraction of sp³-hybridized carbons (Fsp3) is 0.133. The van der Waals surface area contributed by atoms with E-state index in [9.17, 15) is 0 Å². The van der Waals surface area contributed by atoms with Crippen LogP contribution in [0.25, 0.3) is 16.8 Å². The largest absolute Gasteiger partial charge is 0.391 e. The van der Waals surface area contributed by atoms with E-state index in [0.29, 0.717) is 6.54 Å². The van der Waals surface area contributed by atoms with E-state index >= 15 is 0 Å². The van der Waals surface area contributed by atoms with Gasteiger partial charge in [-0.1, -0.05) is 30.3 Å². The second kappa shape index (κ2) is 4.72. The molecule has 0 spiro atoms. The van der Waals surface area contributed by atoms with Crippen LogP contribution in [0.1, 0.15) is 11.1 Å².